The lowest BCUT2D eigenvalue weighted by molar-refractivity contribution is 0.600. The molecule has 3 nitrogen and oxygen atoms in total. The molecular formula is C5H8Cl3N3Si. The average molecular weight is 245 g/mol. The molecule has 0 radical (unpaired) electrons. The van der Waals surface area contributed by atoms with Crippen molar-refractivity contribution in [2.75, 3.05) is 0 Å². The first-order valence-electron chi connectivity index (χ1n) is 3.47. The second-order valence-corrected chi connectivity index (χ2v) is 11.7. The Hall–Kier alpha value is 0.227. The second-order valence-electron chi connectivity index (χ2n) is 2.38. The number of hydrogen-bond donors (Lipinski definition) is 0. The maximum Gasteiger partial charge on any atom is 0.341 e. The Labute approximate surface area is 85.8 Å². The first-order valence-corrected chi connectivity index (χ1v) is 8.71. The maximum atomic E-state index is 5.70. The number of aromatic nitrogens is 3. The molecule has 0 aliphatic heterocycles. The van der Waals surface area contributed by atoms with Crippen LogP contribution in [0.2, 0.25) is 6.04 Å². The number of hydrogen-bond acceptors (Lipinski definition) is 2. The summed E-state index contributed by atoms with van der Waals surface area (Å²) in [5.41, 5.74) is 0. The fourth-order valence-corrected chi connectivity index (χ4v) is 2.55. The summed E-state index contributed by atoms with van der Waals surface area (Å²) in [5.74, 6) is 0. The third-order valence-electron chi connectivity index (χ3n) is 1.31. The normalized spacial score (nSPS) is 11.9. The van der Waals surface area contributed by atoms with Crippen molar-refractivity contribution in [3.63, 3.8) is 0 Å². The smallest absolute Gasteiger partial charge is 0.253 e. The number of aryl methyl sites for hydroxylation is 1. The molecule has 1 aromatic heterocycles. The largest absolute Gasteiger partial charge is 0.341 e. The minimum atomic E-state index is -2.44. The lowest BCUT2D eigenvalue weighted by atomic mass is 10.5. The van der Waals surface area contributed by atoms with Crippen LogP contribution in [0.4, 0.5) is 0 Å². The molecule has 12 heavy (non-hydrogen) atoms. The third-order valence-corrected chi connectivity index (χ3v) is 3.94. The van der Waals surface area contributed by atoms with Crippen molar-refractivity contribution in [3.8, 4) is 0 Å². The Morgan fingerprint density at radius 1 is 1.33 bits per heavy atom. The standard InChI is InChI=1S/C5H8Cl3N3Si/c6-12(7,8)3-1-2-11-5-9-4-10-11/h4-5H,1-3H2. The van der Waals surface area contributed by atoms with Gasteiger partial charge in [0.2, 0.25) is 0 Å². The summed E-state index contributed by atoms with van der Waals surface area (Å²) >= 11 is 17.1. The van der Waals surface area contributed by atoms with Crippen LogP contribution in [0.25, 0.3) is 0 Å². The van der Waals surface area contributed by atoms with E-state index in [0.29, 0.717) is 6.04 Å². The molecule has 0 aliphatic carbocycles. The van der Waals surface area contributed by atoms with E-state index in [-0.39, 0.29) is 0 Å². The van der Waals surface area contributed by atoms with Gasteiger partial charge in [0.15, 0.2) is 0 Å². The maximum absolute atomic E-state index is 5.70. The van der Waals surface area contributed by atoms with Gasteiger partial charge in [-0.15, -0.1) is 33.2 Å². The third kappa shape index (κ3) is 4.30. The van der Waals surface area contributed by atoms with E-state index in [1.807, 2.05) is 0 Å². The number of nitrogens with zero attached hydrogens (tertiary/aromatic N) is 3. The van der Waals surface area contributed by atoms with Gasteiger partial charge >= 0.3 is 6.00 Å². The highest BCUT2D eigenvalue weighted by Crippen LogP contribution is 2.26. The van der Waals surface area contributed by atoms with Crippen molar-refractivity contribution in [2.24, 2.45) is 0 Å². The molecule has 0 aliphatic rings. The monoisotopic (exact) mass is 243 g/mol. The zero-order chi connectivity index (χ0) is 9.03. The molecule has 0 saturated heterocycles. The Morgan fingerprint density at radius 2 is 2.08 bits per heavy atom. The van der Waals surface area contributed by atoms with Crippen molar-refractivity contribution in [3.05, 3.63) is 12.7 Å². The fourth-order valence-electron chi connectivity index (χ4n) is 0.790. The average Bonchev–Trinajstić information content (AvgIpc) is 2.36. The summed E-state index contributed by atoms with van der Waals surface area (Å²) in [5, 5.41) is 3.93. The van der Waals surface area contributed by atoms with E-state index in [2.05, 4.69) is 10.1 Å². The molecular weight excluding hydrogens is 237 g/mol. The molecule has 0 bridgehead atoms. The van der Waals surface area contributed by atoms with Crippen molar-refractivity contribution in [2.45, 2.75) is 19.0 Å². The molecule has 0 N–H and O–H groups in total. The highest BCUT2D eigenvalue weighted by molar-refractivity contribution is 7.64. The zero-order valence-corrected chi connectivity index (χ0v) is 9.52. The van der Waals surface area contributed by atoms with E-state index in [1.165, 1.54) is 6.33 Å². The van der Waals surface area contributed by atoms with E-state index in [0.717, 1.165) is 13.0 Å². The van der Waals surface area contributed by atoms with Gasteiger partial charge in [0, 0.05) is 6.54 Å². The van der Waals surface area contributed by atoms with Gasteiger partial charge in [-0.2, -0.15) is 5.10 Å². The molecule has 0 unspecified atom stereocenters. The summed E-state index contributed by atoms with van der Waals surface area (Å²) < 4.78 is 1.73. The van der Waals surface area contributed by atoms with Crippen molar-refractivity contribution in [1.82, 2.24) is 14.8 Å². The van der Waals surface area contributed by atoms with E-state index < -0.39 is 6.00 Å². The molecule has 0 atom stereocenters. The predicted octanol–water partition coefficient (Wildman–Crippen LogP) is 2.32. The van der Waals surface area contributed by atoms with Gasteiger partial charge in [-0.25, -0.2) is 4.98 Å². The SMILES string of the molecule is Cl[Si](Cl)(Cl)CCCn1cncn1. The topological polar surface area (TPSA) is 30.7 Å². The van der Waals surface area contributed by atoms with Crippen LogP contribution in [0, 0.1) is 0 Å². The minimum absolute atomic E-state index is 0.664. The van der Waals surface area contributed by atoms with Crippen LogP contribution in [-0.2, 0) is 6.54 Å². The Kier molecular flexibility index (Phi) is 3.83. The lowest BCUT2D eigenvalue weighted by Crippen LogP contribution is -2.10. The van der Waals surface area contributed by atoms with Gasteiger partial charge in [-0.1, -0.05) is 0 Å². The molecule has 68 valence electrons. The van der Waals surface area contributed by atoms with Gasteiger partial charge in [0.25, 0.3) is 0 Å². The van der Waals surface area contributed by atoms with Gasteiger partial charge in [-0.3, -0.25) is 4.68 Å². The van der Waals surface area contributed by atoms with Crippen LogP contribution in [0.3, 0.4) is 0 Å². The first-order chi connectivity index (χ1) is 5.58. The molecule has 1 rings (SSSR count). The van der Waals surface area contributed by atoms with Crippen LogP contribution < -0.4 is 0 Å². The molecule has 7 heteroatoms. The molecule has 0 spiro atoms. The van der Waals surface area contributed by atoms with Crippen LogP contribution in [-0.4, -0.2) is 20.8 Å². The molecule has 1 aromatic rings. The Balaban J connectivity index is 2.20. The molecule has 0 saturated carbocycles. The van der Waals surface area contributed by atoms with Gasteiger partial charge in [0.1, 0.15) is 12.7 Å². The van der Waals surface area contributed by atoms with Crippen LogP contribution in [0.5, 0.6) is 0 Å². The van der Waals surface area contributed by atoms with Crippen molar-refractivity contribution < 1.29 is 0 Å². The van der Waals surface area contributed by atoms with Crippen LogP contribution >= 0.6 is 33.2 Å². The summed E-state index contributed by atoms with van der Waals surface area (Å²) in [6.07, 6.45) is 3.98. The van der Waals surface area contributed by atoms with Gasteiger partial charge in [0.05, 0.1) is 0 Å². The van der Waals surface area contributed by atoms with Crippen LogP contribution in [0.15, 0.2) is 12.7 Å². The lowest BCUT2D eigenvalue weighted by Gasteiger charge is -2.06. The number of rotatable bonds is 4. The van der Waals surface area contributed by atoms with E-state index in [9.17, 15) is 0 Å². The molecule has 1 heterocycles. The summed E-state index contributed by atoms with van der Waals surface area (Å²) in [4.78, 5) is 3.80. The quantitative estimate of drug-likeness (QED) is 0.601. The van der Waals surface area contributed by atoms with Crippen molar-refractivity contribution >= 4 is 39.2 Å². The number of halogens is 3. The Bertz CT molecular complexity index is 220. The summed E-state index contributed by atoms with van der Waals surface area (Å²) in [6.45, 7) is 0.765. The second kappa shape index (κ2) is 4.46. The molecule has 0 fully saturated rings. The van der Waals surface area contributed by atoms with E-state index in [4.69, 9.17) is 33.2 Å². The van der Waals surface area contributed by atoms with Crippen LogP contribution in [0.1, 0.15) is 6.42 Å². The molecule has 0 aromatic carbocycles. The summed E-state index contributed by atoms with van der Waals surface area (Å²) in [7, 11) is 0. The van der Waals surface area contributed by atoms with Crippen molar-refractivity contribution in [1.29, 1.82) is 0 Å². The highest BCUT2D eigenvalue weighted by Gasteiger charge is 2.23. The zero-order valence-electron chi connectivity index (χ0n) is 6.25. The minimum Gasteiger partial charge on any atom is -0.253 e. The molecule has 0 amide bonds. The predicted molar refractivity (Wildman–Crippen MR) is 52.8 cm³/mol. The summed E-state index contributed by atoms with van der Waals surface area (Å²) in [6, 6.07) is -1.77. The first kappa shape index (κ1) is 10.3. The highest BCUT2D eigenvalue weighted by atomic mass is 35.8. The Morgan fingerprint density at radius 3 is 2.58 bits per heavy atom. The fraction of sp³-hybridized carbons (Fsp3) is 0.600. The van der Waals surface area contributed by atoms with Gasteiger partial charge < -0.3 is 0 Å². The van der Waals surface area contributed by atoms with E-state index in [1.54, 1.807) is 11.0 Å². The van der Waals surface area contributed by atoms with Gasteiger partial charge in [-0.05, 0) is 12.5 Å². The van der Waals surface area contributed by atoms with E-state index >= 15 is 0 Å².